The van der Waals surface area contributed by atoms with Gasteiger partial charge in [-0.3, -0.25) is 14.4 Å². The molecule has 2 rings (SSSR count). The molecule has 0 heterocycles. The average molecular weight is 299 g/mol. The van der Waals surface area contributed by atoms with Gasteiger partial charge < -0.3 is 10.1 Å². The number of benzene rings is 2. The fourth-order valence-electron chi connectivity index (χ4n) is 2.09. The van der Waals surface area contributed by atoms with Gasteiger partial charge in [-0.25, -0.2) is 0 Å². The third kappa shape index (κ3) is 4.41. The Morgan fingerprint density at radius 1 is 1.05 bits per heavy atom. The molecule has 2 aromatic carbocycles. The first kappa shape index (κ1) is 15.7. The van der Waals surface area contributed by atoms with Gasteiger partial charge in [-0.1, -0.05) is 42.5 Å². The number of nitrogens with one attached hydrogen (secondary N) is 1. The fraction of sp³-hybridized carbons (Fsp3) is 0.235. The minimum Gasteiger partial charge on any atom is -0.456 e. The van der Waals surface area contributed by atoms with Gasteiger partial charge in [-0.2, -0.15) is 0 Å². The van der Waals surface area contributed by atoms with Crippen molar-refractivity contribution in [2.24, 2.45) is 0 Å². The Bertz CT molecular complexity index is 703. The van der Waals surface area contributed by atoms with Crippen molar-refractivity contribution in [2.45, 2.75) is 13.3 Å². The van der Waals surface area contributed by atoms with Crippen molar-refractivity contribution in [3.05, 3.63) is 48.0 Å². The molecule has 0 aliphatic carbocycles. The van der Waals surface area contributed by atoms with Crippen molar-refractivity contribution in [1.29, 1.82) is 0 Å². The lowest BCUT2D eigenvalue weighted by atomic mass is 10.0. The van der Waals surface area contributed by atoms with Gasteiger partial charge in [0, 0.05) is 0 Å². The van der Waals surface area contributed by atoms with Gasteiger partial charge in [0.1, 0.15) is 13.2 Å². The molecule has 1 amide bonds. The van der Waals surface area contributed by atoms with E-state index in [2.05, 4.69) is 10.1 Å². The normalized spacial score (nSPS) is 10.2. The van der Waals surface area contributed by atoms with Crippen LogP contribution in [-0.4, -0.2) is 30.8 Å². The van der Waals surface area contributed by atoms with Gasteiger partial charge in [0.25, 0.3) is 0 Å². The number of carbonyl (C=O) groups is 3. The van der Waals surface area contributed by atoms with Crippen LogP contribution in [0.25, 0.3) is 10.8 Å². The van der Waals surface area contributed by atoms with Crippen LogP contribution < -0.4 is 5.32 Å². The lowest BCUT2D eigenvalue weighted by Gasteiger charge is -2.08. The second kappa shape index (κ2) is 7.36. The number of carbonyl (C=O) groups excluding carboxylic acids is 3. The van der Waals surface area contributed by atoms with Crippen molar-refractivity contribution in [2.75, 3.05) is 13.2 Å². The zero-order valence-corrected chi connectivity index (χ0v) is 12.3. The molecule has 0 bridgehead atoms. The van der Waals surface area contributed by atoms with Crippen LogP contribution in [0.15, 0.2) is 42.5 Å². The highest BCUT2D eigenvalue weighted by Gasteiger charge is 2.10. The summed E-state index contributed by atoms with van der Waals surface area (Å²) in [5.74, 6) is -1.13. The van der Waals surface area contributed by atoms with E-state index in [4.69, 9.17) is 0 Å². The second-order valence-corrected chi connectivity index (χ2v) is 4.95. The van der Waals surface area contributed by atoms with E-state index >= 15 is 0 Å². The minimum absolute atomic E-state index is 0.182. The zero-order valence-electron chi connectivity index (χ0n) is 12.3. The molecule has 114 valence electrons. The molecule has 5 heteroatoms. The molecule has 0 spiro atoms. The number of ether oxygens (including phenoxy) is 1. The van der Waals surface area contributed by atoms with Crippen LogP contribution in [0.1, 0.15) is 12.5 Å². The predicted molar refractivity (Wildman–Crippen MR) is 82.3 cm³/mol. The maximum absolute atomic E-state index is 11.9. The van der Waals surface area contributed by atoms with E-state index in [9.17, 15) is 14.4 Å². The number of amides is 1. The van der Waals surface area contributed by atoms with Gasteiger partial charge in [0.2, 0.25) is 5.91 Å². The van der Waals surface area contributed by atoms with Crippen LogP contribution in [0.4, 0.5) is 0 Å². The molecule has 0 unspecified atom stereocenters. The number of rotatable bonds is 6. The SMILES string of the molecule is CC(=O)COC(=O)CNC(=O)Cc1cccc2ccccc12. The van der Waals surface area contributed by atoms with Gasteiger partial charge >= 0.3 is 5.97 Å². The molecule has 0 aliphatic heterocycles. The highest BCUT2D eigenvalue weighted by Crippen LogP contribution is 2.18. The van der Waals surface area contributed by atoms with E-state index in [1.165, 1.54) is 6.92 Å². The maximum atomic E-state index is 11.9. The fourth-order valence-corrected chi connectivity index (χ4v) is 2.09. The quantitative estimate of drug-likeness (QED) is 0.823. The van der Waals surface area contributed by atoms with Crippen LogP contribution >= 0.6 is 0 Å². The molecule has 1 N–H and O–H groups in total. The summed E-state index contributed by atoms with van der Waals surface area (Å²) in [6, 6.07) is 13.6. The number of Topliss-reactive ketones (excluding diaryl/α,β-unsaturated/α-hetero) is 1. The molecule has 5 nitrogen and oxygen atoms in total. The van der Waals surface area contributed by atoms with Crippen LogP contribution in [0.2, 0.25) is 0 Å². The summed E-state index contributed by atoms with van der Waals surface area (Å²) in [6.07, 6.45) is 0.182. The molecule has 0 atom stereocenters. The zero-order chi connectivity index (χ0) is 15.9. The Kier molecular flexibility index (Phi) is 5.25. The highest BCUT2D eigenvalue weighted by atomic mass is 16.5. The van der Waals surface area contributed by atoms with E-state index < -0.39 is 5.97 Å². The summed E-state index contributed by atoms with van der Waals surface area (Å²) < 4.78 is 4.67. The summed E-state index contributed by atoms with van der Waals surface area (Å²) in [4.78, 5) is 33.9. The number of fused-ring (bicyclic) bond motifs is 1. The van der Waals surface area contributed by atoms with Gasteiger partial charge in [-0.15, -0.1) is 0 Å². The third-order valence-corrected chi connectivity index (χ3v) is 3.10. The standard InChI is InChI=1S/C17H17NO4/c1-12(19)11-22-17(21)10-18-16(20)9-14-7-4-6-13-5-2-3-8-15(13)14/h2-8H,9-11H2,1H3,(H,18,20). The Balaban J connectivity index is 1.91. The largest absolute Gasteiger partial charge is 0.456 e. The topological polar surface area (TPSA) is 72.5 Å². The van der Waals surface area contributed by atoms with E-state index in [0.29, 0.717) is 0 Å². The first-order valence-electron chi connectivity index (χ1n) is 6.94. The lowest BCUT2D eigenvalue weighted by Crippen LogP contribution is -2.32. The molecule has 2 aromatic rings. The third-order valence-electron chi connectivity index (χ3n) is 3.10. The minimum atomic E-state index is -0.624. The van der Waals surface area contributed by atoms with Crippen molar-refractivity contribution in [3.8, 4) is 0 Å². The Labute approximate surface area is 128 Å². The van der Waals surface area contributed by atoms with Crippen LogP contribution in [0.3, 0.4) is 0 Å². The van der Waals surface area contributed by atoms with Gasteiger partial charge in [0.15, 0.2) is 5.78 Å². The highest BCUT2D eigenvalue weighted by molar-refractivity contribution is 5.91. The monoisotopic (exact) mass is 299 g/mol. The van der Waals surface area contributed by atoms with Crippen LogP contribution in [0.5, 0.6) is 0 Å². The van der Waals surface area contributed by atoms with E-state index in [1.807, 2.05) is 42.5 Å². The predicted octanol–water partition coefficient (Wildman–Crippen LogP) is 1.63. The van der Waals surface area contributed by atoms with E-state index in [1.54, 1.807) is 0 Å². The van der Waals surface area contributed by atoms with Gasteiger partial charge in [0.05, 0.1) is 6.42 Å². The smallest absolute Gasteiger partial charge is 0.325 e. The van der Waals surface area contributed by atoms with E-state index in [-0.39, 0.29) is 31.3 Å². The number of hydrogen-bond donors (Lipinski definition) is 1. The number of esters is 1. The maximum Gasteiger partial charge on any atom is 0.325 e. The van der Waals surface area contributed by atoms with Crippen molar-refractivity contribution >= 4 is 28.4 Å². The van der Waals surface area contributed by atoms with Crippen molar-refractivity contribution < 1.29 is 19.1 Å². The first-order valence-corrected chi connectivity index (χ1v) is 6.94. The Morgan fingerprint density at radius 2 is 1.77 bits per heavy atom. The molecule has 0 aliphatic rings. The summed E-state index contributed by atoms with van der Waals surface area (Å²) in [7, 11) is 0. The summed E-state index contributed by atoms with van der Waals surface area (Å²) >= 11 is 0. The molecular formula is C17H17NO4. The molecule has 0 fully saturated rings. The van der Waals surface area contributed by atoms with E-state index in [0.717, 1.165) is 16.3 Å². The Hall–Kier alpha value is -2.69. The average Bonchev–Trinajstić information content (AvgIpc) is 2.51. The second-order valence-electron chi connectivity index (χ2n) is 4.95. The lowest BCUT2D eigenvalue weighted by molar-refractivity contribution is -0.147. The van der Waals surface area contributed by atoms with Crippen molar-refractivity contribution in [3.63, 3.8) is 0 Å². The summed E-state index contributed by atoms with van der Waals surface area (Å²) in [5, 5.41) is 4.57. The molecule has 22 heavy (non-hydrogen) atoms. The molecule has 0 aromatic heterocycles. The van der Waals surface area contributed by atoms with Crippen molar-refractivity contribution in [1.82, 2.24) is 5.32 Å². The number of ketones is 1. The Morgan fingerprint density at radius 3 is 2.55 bits per heavy atom. The molecule has 0 saturated heterocycles. The molecular weight excluding hydrogens is 282 g/mol. The van der Waals surface area contributed by atoms with Gasteiger partial charge in [-0.05, 0) is 23.3 Å². The molecule has 0 radical (unpaired) electrons. The summed E-state index contributed by atoms with van der Waals surface area (Å²) in [6.45, 7) is 0.821. The molecule has 0 saturated carbocycles. The summed E-state index contributed by atoms with van der Waals surface area (Å²) in [5.41, 5.74) is 0.896. The number of hydrogen-bond acceptors (Lipinski definition) is 4. The van der Waals surface area contributed by atoms with Crippen LogP contribution in [0, 0.1) is 0 Å². The van der Waals surface area contributed by atoms with Crippen LogP contribution in [-0.2, 0) is 25.5 Å². The first-order chi connectivity index (χ1) is 10.6.